The maximum atomic E-state index is 12.9. The number of carbonyl (C=O) groups is 1. The summed E-state index contributed by atoms with van der Waals surface area (Å²) < 4.78 is 16.6. The van der Waals surface area contributed by atoms with Gasteiger partial charge in [0.2, 0.25) is 12.7 Å². The van der Waals surface area contributed by atoms with Crippen molar-refractivity contribution in [3.8, 4) is 23.1 Å². The molecule has 0 radical (unpaired) electrons. The summed E-state index contributed by atoms with van der Waals surface area (Å²) in [6.07, 6.45) is 2.28. The quantitative estimate of drug-likeness (QED) is 0.439. The zero-order valence-corrected chi connectivity index (χ0v) is 18.0. The lowest BCUT2D eigenvalue weighted by Crippen LogP contribution is -2.13. The van der Waals surface area contributed by atoms with Gasteiger partial charge in [0.05, 0.1) is 5.69 Å². The number of fused-ring (bicyclic) bond motifs is 1. The fraction of sp³-hybridized carbons (Fsp3) is 0.125. The summed E-state index contributed by atoms with van der Waals surface area (Å²) in [5.41, 5.74) is 2.29. The monoisotopic (exact) mass is 445 g/mol. The second-order valence-corrected chi connectivity index (χ2v) is 8.20. The van der Waals surface area contributed by atoms with Crippen molar-refractivity contribution in [1.82, 2.24) is 9.97 Å². The van der Waals surface area contributed by atoms with Crippen LogP contribution in [0.2, 0.25) is 0 Å². The first-order valence-corrected chi connectivity index (χ1v) is 10.8. The topological polar surface area (TPSA) is 82.6 Å². The number of nitrogens with zero attached hydrogens (tertiary/aromatic N) is 2. The number of rotatable bonds is 6. The summed E-state index contributed by atoms with van der Waals surface area (Å²) >= 11 is 1.44. The molecule has 7 nitrogen and oxygen atoms in total. The van der Waals surface area contributed by atoms with Crippen LogP contribution >= 0.6 is 11.3 Å². The molecule has 0 aliphatic carbocycles. The minimum atomic E-state index is -0.326. The van der Waals surface area contributed by atoms with Crippen molar-refractivity contribution in [1.29, 1.82) is 0 Å². The number of benzene rings is 2. The molecule has 1 aliphatic heterocycles. The molecular formula is C24H19N3O4S. The number of pyridine rings is 1. The highest BCUT2D eigenvalue weighted by molar-refractivity contribution is 7.15. The van der Waals surface area contributed by atoms with Crippen LogP contribution in [-0.4, -0.2) is 22.7 Å². The third-order valence-corrected chi connectivity index (χ3v) is 5.96. The van der Waals surface area contributed by atoms with E-state index in [4.69, 9.17) is 14.2 Å². The Balaban J connectivity index is 1.32. The van der Waals surface area contributed by atoms with Gasteiger partial charge >= 0.3 is 0 Å². The van der Waals surface area contributed by atoms with Gasteiger partial charge in [-0.2, -0.15) is 0 Å². The van der Waals surface area contributed by atoms with Crippen molar-refractivity contribution >= 4 is 22.4 Å². The minimum Gasteiger partial charge on any atom is -0.454 e. The van der Waals surface area contributed by atoms with E-state index in [0.29, 0.717) is 22.9 Å². The predicted molar refractivity (Wildman–Crippen MR) is 121 cm³/mol. The SMILES string of the molecule is Cc1nc(NC(=O)c2cccnc2Oc2ccccc2)sc1Cc1ccc2c(c1)OCO2. The highest BCUT2D eigenvalue weighted by atomic mass is 32.1. The highest BCUT2D eigenvalue weighted by Gasteiger charge is 2.18. The second-order valence-electron chi connectivity index (χ2n) is 7.12. The molecule has 1 amide bonds. The number of aromatic nitrogens is 2. The van der Waals surface area contributed by atoms with Gasteiger partial charge in [-0.3, -0.25) is 10.1 Å². The lowest BCUT2D eigenvalue weighted by atomic mass is 10.1. The fourth-order valence-corrected chi connectivity index (χ4v) is 4.28. The molecule has 3 heterocycles. The van der Waals surface area contributed by atoms with Crippen LogP contribution in [0.3, 0.4) is 0 Å². The van der Waals surface area contributed by atoms with Gasteiger partial charge in [0.15, 0.2) is 16.6 Å². The van der Waals surface area contributed by atoms with E-state index in [1.165, 1.54) is 11.3 Å². The number of hydrogen-bond donors (Lipinski definition) is 1. The molecule has 160 valence electrons. The summed E-state index contributed by atoms with van der Waals surface area (Å²) in [7, 11) is 0. The van der Waals surface area contributed by atoms with E-state index in [1.54, 1.807) is 18.3 Å². The minimum absolute atomic E-state index is 0.241. The Morgan fingerprint density at radius 1 is 1.09 bits per heavy atom. The van der Waals surface area contributed by atoms with E-state index in [0.717, 1.165) is 27.6 Å². The zero-order valence-electron chi connectivity index (χ0n) is 17.2. The van der Waals surface area contributed by atoms with Gasteiger partial charge in [0.1, 0.15) is 11.3 Å². The van der Waals surface area contributed by atoms with Crippen molar-refractivity contribution in [2.45, 2.75) is 13.3 Å². The molecule has 0 spiro atoms. The molecule has 0 fully saturated rings. The molecule has 2 aromatic carbocycles. The number of ether oxygens (including phenoxy) is 3. The van der Waals surface area contributed by atoms with E-state index in [9.17, 15) is 4.79 Å². The van der Waals surface area contributed by atoms with Crippen molar-refractivity contribution < 1.29 is 19.0 Å². The largest absolute Gasteiger partial charge is 0.454 e. The molecule has 0 saturated heterocycles. The van der Waals surface area contributed by atoms with Gasteiger partial charge in [0, 0.05) is 17.5 Å². The Labute approximate surface area is 188 Å². The van der Waals surface area contributed by atoms with Gasteiger partial charge in [0.25, 0.3) is 5.91 Å². The maximum Gasteiger partial charge on any atom is 0.262 e. The average molecular weight is 446 g/mol. The second kappa shape index (κ2) is 8.68. The molecule has 8 heteroatoms. The summed E-state index contributed by atoms with van der Waals surface area (Å²) in [5.74, 6) is 2.03. The average Bonchev–Trinajstić information content (AvgIpc) is 3.40. The van der Waals surface area contributed by atoms with Crippen LogP contribution in [0.15, 0.2) is 66.9 Å². The maximum absolute atomic E-state index is 12.9. The Kier molecular flexibility index (Phi) is 5.43. The molecule has 0 atom stereocenters. The first-order valence-electron chi connectivity index (χ1n) is 10.00. The van der Waals surface area contributed by atoms with E-state index in [2.05, 4.69) is 15.3 Å². The number of hydrogen-bond acceptors (Lipinski definition) is 7. The van der Waals surface area contributed by atoms with Crippen LogP contribution in [0.4, 0.5) is 5.13 Å². The normalized spacial score (nSPS) is 11.9. The van der Waals surface area contributed by atoms with Gasteiger partial charge in [-0.15, -0.1) is 11.3 Å². The molecule has 2 aromatic heterocycles. The standard InChI is InChI=1S/C24H19N3O4S/c1-15-21(13-16-9-10-19-20(12-16)30-14-29-19)32-24(26-15)27-22(28)18-8-5-11-25-23(18)31-17-6-3-2-4-7-17/h2-12H,13-14H2,1H3,(H,26,27,28). The molecule has 0 bridgehead atoms. The Morgan fingerprint density at radius 3 is 2.81 bits per heavy atom. The lowest BCUT2D eigenvalue weighted by molar-refractivity contribution is 0.102. The number of para-hydroxylation sites is 1. The smallest absolute Gasteiger partial charge is 0.262 e. The van der Waals surface area contributed by atoms with Crippen LogP contribution in [0, 0.1) is 6.92 Å². The van der Waals surface area contributed by atoms with Crippen molar-refractivity contribution in [3.63, 3.8) is 0 Å². The molecule has 1 aliphatic rings. The fourth-order valence-electron chi connectivity index (χ4n) is 3.29. The molecule has 4 aromatic rings. The van der Waals surface area contributed by atoms with E-state index >= 15 is 0 Å². The third-order valence-electron chi connectivity index (χ3n) is 4.89. The summed E-state index contributed by atoms with van der Waals surface area (Å²) in [4.78, 5) is 22.7. The van der Waals surface area contributed by atoms with Crippen molar-refractivity contribution in [2.24, 2.45) is 0 Å². The van der Waals surface area contributed by atoms with Crippen LogP contribution in [0.5, 0.6) is 23.1 Å². The molecular weight excluding hydrogens is 426 g/mol. The van der Waals surface area contributed by atoms with E-state index in [1.807, 2.05) is 55.5 Å². The van der Waals surface area contributed by atoms with Crippen LogP contribution in [0.1, 0.15) is 26.5 Å². The summed E-state index contributed by atoms with van der Waals surface area (Å²) in [6.45, 7) is 2.18. The van der Waals surface area contributed by atoms with Gasteiger partial charge in [-0.25, -0.2) is 9.97 Å². The first kappa shape index (κ1) is 20.0. The zero-order chi connectivity index (χ0) is 21.9. The van der Waals surface area contributed by atoms with E-state index < -0.39 is 0 Å². The number of anilines is 1. The van der Waals surface area contributed by atoms with Crippen molar-refractivity contribution in [2.75, 3.05) is 12.1 Å². The summed E-state index contributed by atoms with van der Waals surface area (Å²) in [6, 6.07) is 18.5. The Morgan fingerprint density at radius 2 is 1.94 bits per heavy atom. The Bertz CT molecular complexity index is 1270. The van der Waals surface area contributed by atoms with Crippen LogP contribution in [-0.2, 0) is 6.42 Å². The van der Waals surface area contributed by atoms with Gasteiger partial charge in [-0.05, 0) is 48.9 Å². The molecule has 5 rings (SSSR count). The van der Waals surface area contributed by atoms with Gasteiger partial charge < -0.3 is 14.2 Å². The molecule has 1 N–H and O–H groups in total. The molecule has 0 unspecified atom stereocenters. The van der Waals surface area contributed by atoms with E-state index in [-0.39, 0.29) is 18.6 Å². The molecule has 32 heavy (non-hydrogen) atoms. The highest BCUT2D eigenvalue weighted by Crippen LogP contribution is 2.34. The third kappa shape index (κ3) is 4.26. The number of aryl methyl sites for hydroxylation is 1. The number of carbonyl (C=O) groups excluding carboxylic acids is 1. The lowest BCUT2D eigenvalue weighted by Gasteiger charge is -2.09. The van der Waals surface area contributed by atoms with Crippen LogP contribution in [0.25, 0.3) is 0 Å². The predicted octanol–water partition coefficient (Wildman–Crippen LogP) is 5.21. The number of thiazole rings is 1. The van der Waals surface area contributed by atoms with Crippen LogP contribution < -0.4 is 19.5 Å². The van der Waals surface area contributed by atoms with Crippen molar-refractivity contribution in [3.05, 3.63) is 88.6 Å². The Hall–Kier alpha value is -3.91. The number of nitrogens with one attached hydrogen (secondary N) is 1. The molecule has 0 saturated carbocycles. The number of amides is 1. The first-order chi connectivity index (χ1) is 15.7. The van der Waals surface area contributed by atoms with Gasteiger partial charge in [-0.1, -0.05) is 24.3 Å². The summed E-state index contributed by atoms with van der Waals surface area (Å²) in [5, 5.41) is 3.40.